The second-order valence-corrected chi connectivity index (χ2v) is 6.63. The number of anilines is 1. The number of ether oxygens (including phenoxy) is 1. The highest BCUT2D eigenvalue weighted by molar-refractivity contribution is 5.97. The molecule has 5 heteroatoms. The van der Waals surface area contributed by atoms with Gasteiger partial charge in [-0.1, -0.05) is 31.5 Å². The number of amides is 2. The Morgan fingerprint density at radius 2 is 2.09 bits per heavy atom. The number of hydrogen-bond acceptors (Lipinski definition) is 3. The van der Waals surface area contributed by atoms with Crippen LogP contribution in [0.25, 0.3) is 0 Å². The van der Waals surface area contributed by atoms with Gasteiger partial charge in [-0.05, 0) is 44.2 Å². The minimum Gasteiger partial charge on any atom is -0.449 e. The van der Waals surface area contributed by atoms with Gasteiger partial charge in [0.25, 0.3) is 0 Å². The zero-order valence-electron chi connectivity index (χ0n) is 14.4. The first-order valence-corrected chi connectivity index (χ1v) is 8.20. The molecular formula is C18H26N2O3. The van der Waals surface area contributed by atoms with Crippen molar-refractivity contribution < 1.29 is 14.3 Å². The van der Waals surface area contributed by atoms with Gasteiger partial charge in [0, 0.05) is 12.2 Å². The molecule has 0 unspecified atom stereocenters. The highest BCUT2D eigenvalue weighted by Gasteiger charge is 2.35. The molecule has 0 radical (unpaired) electrons. The molecule has 2 rings (SSSR count). The van der Waals surface area contributed by atoms with Crippen LogP contribution in [0.5, 0.6) is 0 Å². The number of rotatable bonds is 4. The molecule has 1 atom stereocenters. The number of aryl methyl sites for hydroxylation is 2. The molecule has 126 valence electrons. The number of carbonyl (C=O) groups is 2. The summed E-state index contributed by atoms with van der Waals surface area (Å²) in [6, 6.07) is 5.44. The van der Waals surface area contributed by atoms with Crippen molar-refractivity contribution in [2.24, 2.45) is 5.92 Å². The third-order valence-corrected chi connectivity index (χ3v) is 3.97. The lowest BCUT2D eigenvalue weighted by Crippen LogP contribution is -2.43. The normalized spacial score (nSPS) is 17.4. The third kappa shape index (κ3) is 4.47. The smallest absolute Gasteiger partial charge is 0.410 e. The van der Waals surface area contributed by atoms with Gasteiger partial charge in [0.1, 0.15) is 6.04 Å². The molecule has 1 heterocycles. The van der Waals surface area contributed by atoms with Gasteiger partial charge in [0.15, 0.2) is 0 Å². The fourth-order valence-electron chi connectivity index (χ4n) is 2.75. The van der Waals surface area contributed by atoms with Crippen LogP contribution in [0.15, 0.2) is 18.2 Å². The van der Waals surface area contributed by atoms with E-state index in [9.17, 15) is 9.59 Å². The Hall–Kier alpha value is -2.04. The number of nitrogens with one attached hydrogen (secondary N) is 1. The molecule has 0 aliphatic carbocycles. The monoisotopic (exact) mass is 318 g/mol. The molecule has 1 aromatic carbocycles. The fourth-order valence-corrected chi connectivity index (χ4v) is 2.75. The predicted octanol–water partition coefficient (Wildman–Crippen LogP) is 3.50. The molecule has 2 amide bonds. The Kier molecular flexibility index (Phi) is 5.64. The van der Waals surface area contributed by atoms with E-state index in [1.807, 2.05) is 45.9 Å². The van der Waals surface area contributed by atoms with Crippen molar-refractivity contribution in [3.63, 3.8) is 0 Å². The van der Waals surface area contributed by atoms with Crippen LogP contribution in [0.1, 0.15) is 37.8 Å². The summed E-state index contributed by atoms with van der Waals surface area (Å²) in [5.41, 5.74) is 2.97. The topological polar surface area (TPSA) is 58.6 Å². The molecule has 5 nitrogen and oxygen atoms in total. The molecule has 1 aliphatic heterocycles. The standard InChI is InChI=1S/C18H26N2O3/c1-12(2)11-23-18(22)20-9-5-6-16(20)17(21)19-15-8-7-13(3)10-14(15)4/h7-8,10,12,16H,5-6,9,11H2,1-4H3,(H,19,21)/t16-/m1/s1. The van der Waals surface area contributed by atoms with Gasteiger partial charge in [-0.3, -0.25) is 9.69 Å². The van der Waals surface area contributed by atoms with E-state index in [1.54, 1.807) is 4.90 Å². The summed E-state index contributed by atoms with van der Waals surface area (Å²) >= 11 is 0. The molecule has 1 fully saturated rings. The van der Waals surface area contributed by atoms with Crippen LogP contribution in [0.2, 0.25) is 0 Å². The Morgan fingerprint density at radius 3 is 2.74 bits per heavy atom. The summed E-state index contributed by atoms with van der Waals surface area (Å²) < 4.78 is 5.26. The number of carbonyl (C=O) groups excluding carboxylic acids is 2. The first-order chi connectivity index (χ1) is 10.9. The average molecular weight is 318 g/mol. The van der Waals surface area contributed by atoms with Crippen molar-refractivity contribution in [2.75, 3.05) is 18.5 Å². The first-order valence-electron chi connectivity index (χ1n) is 8.20. The van der Waals surface area contributed by atoms with Gasteiger partial charge in [-0.25, -0.2) is 4.79 Å². The third-order valence-electron chi connectivity index (χ3n) is 3.97. The maximum atomic E-state index is 12.5. The fraction of sp³-hybridized carbons (Fsp3) is 0.556. The molecule has 1 aromatic rings. The van der Waals surface area contributed by atoms with E-state index < -0.39 is 12.1 Å². The van der Waals surface area contributed by atoms with Crippen LogP contribution >= 0.6 is 0 Å². The lowest BCUT2D eigenvalue weighted by Gasteiger charge is -2.24. The van der Waals surface area contributed by atoms with Crippen LogP contribution < -0.4 is 5.32 Å². The largest absolute Gasteiger partial charge is 0.449 e. The van der Waals surface area contributed by atoms with Crippen molar-refractivity contribution >= 4 is 17.7 Å². The Morgan fingerprint density at radius 1 is 1.35 bits per heavy atom. The van der Waals surface area contributed by atoms with Crippen molar-refractivity contribution in [2.45, 2.75) is 46.6 Å². The number of nitrogens with zero attached hydrogens (tertiary/aromatic N) is 1. The molecule has 1 aliphatic rings. The average Bonchev–Trinajstić information content (AvgIpc) is 2.97. The highest BCUT2D eigenvalue weighted by Crippen LogP contribution is 2.22. The summed E-state index contributed by atoms with van der Waals surface area (Å²) in [5, 5.41) is 2.94. The van der Waals surface area contributed by atoms with Gasteiger partial charge >= 0.3 is 6.09 Å². The van der Waals surface area contributed by atoms with Crippen LogP contribution in [-0.2, 0) is 9.53 Å². The summed E-state index contributed by atoms with van der Waals surface area (Å²) in [4.78, 5) is 26.2. The summed E-state index contributed by atoms with van der Waals surface area (Å²) in [5.74, 6) is 0.139. The van der Waals surface area contributed by atoms with Crippen molar-refractivity contribution in [1.82, 2.24) is 4.90 Å². The Bertz CT molecular complexity index is 584. The van der Waals surface area contributed by atoms with Crippen LogP contribution in [0.3, 0.4) is 0 Å². The first kappa shape index (κ1) is 17.3. The molecule has 0 aromatic heterocycles. The molecule has 23 heavy (non-hydrogen) atoms. The van der Waals surface area contributed by atoms with Gasteiger partial charge in [-0.15, -0.1) is 0 Å². The van der Waals surface area contributed by atoms with Crippen LogP contribution in [-0.4, -0.2) is 36.1 Å². The summed E-state index contributed by atoms with van der Waals surface area (Å²) in [6.07, 6.45) is 1.10. The number of benzene rings is 1. The van der Waals surface area contributed by atoms with Crippen LogP contribution in [0.4, 0.5) is 10.5 Å². The SMILES string of the molecule is Cc1ccc(NC(=O)[C@H]2CCCN2C(=O)OCC(C)C)c(C)c1. The Balaban J connectivity index is 2.01. The zero-order valence-corrected chi connectivity index (χ0v) is 14.4. The molecular weight excluding hydrogens is 292 g/mol. The van der Waals surface area contributed by atoms with E-state index in [4.69, 9.17) is 4.74 Å². The van der Waals surface area contributed by atoms with E-state index in [1.165, 1.54) is 0 Å². The molecule has 1 N–H and O–H groups in total. The van der Waals surface area contributed by atoms with Gasteiger partial charge in [0.2, 0.25) is 5.91 Å². The Labute approximate surface area is 138 Å². The summed E-state index contributed by atoms with van der Waals surface area (Å²) in [6.45, 7) is 8.90. The van der Waals surface area contributed by atoms with E-state index in [-0.39, 0.29) is 11.8 Å². The lowest BCUT2D eigenvalue weighted by atomic mass is 10.1. The molecule has 0 saturated carbocycles. The van der Waals surface area contributed by atoms with E-state index in [2.05, 4.69) is 5.32 Å². The summed E-state index contributed by atoms with van der Waals surface area (Å²) in [7, 11) is 0. The molecule has 0 bridgehead atoms. The number of likely N-dealkylation sites (tertiary alicyclic amines) is 1. The van der Waals surface area contributed by atoms with E-state index in [0.29, 0.717) is 19.6 Å². The van der Waals surface area contributed by atoms with E-state index in [0.717, 1.165) is 23.2 Å². The van der Waals surface area contributed by atoms with E-state index >= 15 is 0 Å². The maximum absolute atomic E-state index is 12.5. The minimum absolute atomic E-state index is 0.143. The highest BCUT2D eigenvalue weighted by atomic mass is 16.6. The second kappa shape index (κ2) is 7.49. The molecule has 0 spiro atoms. The quantitative estimate of drug-likeness (QED) is 0.924. The zero-order chi connectivity index (χ0) is 17.0. The number of hydrogen-bond donors (Lipinski definition) is 1. The van der Waals surface area contributed by atoms with Crippen molar-refractivity contribution in [3.8, 4) is 0 Å². The lowest BCUT2D eigenvalue weighted by molar-refractivity contribution is -0.120. The van der Waals surface area contributed by atoms with Crippen molar-refractivity contribution in [3.05, 3.63) is 29.3 Å². The maximum Gasteiger partial charge on any atom is 0.410 e. The predicted molar refractivity (Wildman–Crippen MR) is 90.5 cm³/mol. The minimum atomic E-state index is -0.449. The van der Waals surface area contributed by atoms with Crippen molar-refractivity contribution in [1.29, 1.82) is 0 Å². The second-order valence-electron chi connectivity index (χ2n) is 6.63. The van der Waals surface area contributed by atoms with Crippen LogP contribution in [0, 0.1) is 19.8 Å². The van der Waals surface area contributed by atoms with Gasteiger partial charge < -0.3 is 10.1 Å². The molecule has 1 saturated heterocycles. The van der Waals surface area contributed by atoms with Gasteiger partial charge in [-0.2, -0.15) is 0 Å². The van der Waals surface area contributed by atoms with Gasteiger partial charge in [0.05, 0.1) is 6.61 Å².